The number of allylic oxidation sites excluding steroid dienone is 2. The van der Waals surface area contributed by atoms with Crippen LogP contribution in [0.15, 0.2) is 114 Å². The van der Waals surface area contributed by atoms with Crippen LogP contribution in [0.25, 0.3) is 16.6 Å². The molecule has 2 aromatic carbocycles. The zero-order valence-electron chi connectivity index (χ0n) is 18.4. The third-order valence-electron chi connectivity index (χ3n) is 6.08. The molecule has 1 atom stereocenters. The predicted molar refractivity (Wildman–Crippen MR) is 139 cm³/mol. The number of aryl methyl sites for hydroxylation is 1. The Bertz CT molecular complexity index is 1230. The third kappa shape index (κ3) is 4.53. The number of hydrogen-bond acceptors (Lipinski definition) is 2. The number of nitrogens with one attached hydrogen (secondary N) is 1. The number of thioether (sulfide) groups is 1. The van der Waals surface area contributed by atoms with E-state index in [1.54, 1.807) is 0 Å². The Morgan fingerprint density at radius 1 is 1.03 bits per heavy atom. The summed E-state index contributed by atoms with van der Waals surface area (Å²) in [6, 6.07) is 26.0. The van der Waals surface area contributed by atoms with Crippen LogP contribution in [0.1, 0.15) is 18.9 Å². The van der Waals surface area contributed by atoms with Crippen molar-refractivity contribution in [2.75, 3.05) is 11.9 Å². The predicted octanol–water partition coefficient (Wildman–Crippen LogP) is 7.63. The van der Waals surface area contributed by atoms with E-state index in [1.807, 2.05) is 11.8 Å². The lowest BCUT2D eigenvalue weighted by molar-refractivity contribution is 0.804. The largest absolute Gasteiger partial charge is 0.382 e. The maximum atomic E-state index is 3.52. The normalized spacial score (nSPS) is 16.4. The highest BCUT2D eigenvalue weighted by molar-refractivity contribution is 8.00. The maximum absolute atomic E-state index is 3.52. The summed E-state index contributed by atoms with van der Waals surface area (Å²) < 4.78 is 2.16. The van der Waals surface area contributed by atoms with E-state index in [1.165, 1.54) is 45.5 Å². The first-order valence-corrected chi connectivity index (χ1v) is 12.2. The van der Waals surface area contributed by atoms with Crippen molar-refractivity contribution in [3.8, 4) is 11.1 Å². The lowest BCUT2D eigenvalue weighted by Gasteiger charge is -2.25. The van der Waals surface area contributed by atoms with Gasteiger partial charge < -0.3 is 9.72 Å². The van der Waals surface area contributed by atoms with Crippen LogP contribution in [-0.2, 0) is 6.42 Å². The molecule has 0 bridgehead atoms. The van der Waals surface area contributed by atoms with Crippen molar-refractivity contribution in [2.45, 2.75) is 29.9 Å². The van der Waals surface area contributed by atoms with Gasteiger partial charge in [0, 0.05) is 45.9 Å². The minimum Gasteiger partial charge on any atom is -0.382 e. The van der Waals surface area contributed by atoms with E-state index in [2.05, 4.69) is 120 Å². The zero-order chi connectivity index (χ0) is 21.8. The van der Waals surface area contributed by atoms with Gasteiger partial charge in [-0.1, -0.05) is 54.6 Å². The second-order valence-electron chi connectivity index (χ2n) is 8.16. The molecule has 0 fully saturated rings. The molecule has 1 aliphatic heterocycles. The topological polar surface area (TPSA) is 16.4 Å². The Hall–Kier alpha value is -3.17. The lowest BCUT2D eigenvalue weighted by Crippen LogP contribution is -2.12. The summed E-state index contributed by atoms with van der Waals surface area (Å²) in [5.74, 6) is 0. The van der Waals surface area contributed by atoms with Gasteiger partial charge in [-0.25, -0.2) is 0 Å². The molecule has 1 unspecified atom stereocenters. The molecule has 5 rings (SSSR count). The Kier molecular flexibility index (Phi) is 6.17. The number of rotatable bonds is 6. The highest BCUT2D eigenvalue weighted by Gasteiger charge is 2.20. The number of aromatic nitrogens is 1. The van der Waals surface area contributed by atoms with Crippen LogP contribution in [0.2, 0.25) is 0 Å². The number of nitrogens with zero attached hydrogens (tertiary/aromatic N) is 1. The average molecular weight is 437 g/mol. The molecule has 160 valence electrons. The van der Waals surface area contributed by atoms with Gasteiger partial charge in [-0.15, -0.1) is 11.8 Å². The van der Waals surface area contributed by atoms with E-state index >= 15 is 0 Å². The van der Waals surface area contributed by atoms with Gasteiger partial charge >= 0.3 is 0 Å². The number of hydrogen-bond donors (Lipinski definition) is 1. The van der Waals surface area contributed by atoms with E-state index in [-0.39, 0.29) is 0 Å². The second-order valence-corrected chi connectivity index (χ2v) is 9.41. The molecule has 3 heteroatoms. The van der Waals surface area contributed by atoms with Crippen molar-refractivity contribution in [1.82, 2.24) is 4.40 Å². The van der Waals surface area contributed by atoms with Crippen LogP contribution in [0.4, 0.5) is 5.69 Å². The molecule has 1 N–H and O–H groups in total. The monoisotopic (exact) mass is 436 g/mol. The van der Waals surface area contributed by atoms with Crippen LogP contribution in [0.5, 0.6) is 0 Å². The van der Waals surface area contributed by atoms with Crippen molar-refractivity contribution < 1.29 is 0 Å². The van der Waals surface area contributed by atoms with Gasteiger partial charge in [-0.2, -0.15) is 0 Å². The molecule has 32 heavy (non-hydrogen) atoms. The highest BCUT2D eigenvalue weighted by Crippen LogP contribution is 2.38. The summed E-state index contributed by atoms with van der Waals surface area (Å²) in [7, 11) is 0. The van der Waals surface area contributed by atoms with Crippen LogP contribution in [0.3, 0.4) is 0 Å². The van der Waals surface area contributed by atoms with E-state index < -0.39 is 0 Å². The van der Waals surface area contributed by atoms with E-state index in [0.717, 1.165) is 12.2 Å². The zero-order valence-corrected chi connectivity index (χ0v) is 19.2. The molecular formula is C29H28N2S. The summed E-state index contributed by atoms with van der Waals surface area (Å²) in [6.45, 7) is 2.97. The van der Waals surface area contributed by atoms with Gasteiger partial charge in [-0.3, -0.25) is 0 Å². The van der Waals surface area contributed by atoms with Gasteiger partial charge in [0.05, 0.1) is 0 Å². The van der Waals surface area contributed by atoms with Crippen LogP contribution < -0.4 is 5.32 Å². The Labute approximate surface area is 194 Å². The molecule has 2 aromatic heterocycles. The second kappa shape index (κ2) is 9.54. The van der Waals surface area contributed by atoms with Gasteiger partial charge in [0.15, 0.2) is 0 Å². The van der Waals surface area contributed by atoms with E-state index in [4.69, 9.17) is 0 Å². The Morgan fingerprint density at radius 2 is 1.88 bits per heavy atom. The van der Waals surface area contributed by atoms with Gasteiger partial charge in [0.2, 0.25) is 0 Å². The van der Waals surface area contributed by atoms with Crippen LogP contribution >= 0.6 is 11.8 Å². The first-order chi connectivity index (χ1) is 15.8. The third-order valence-corrected chi connectivity index (χ3v) is 7.52. The first kappa shape index (κ1) is 20.7. The molecule has 0 amide bonds. The maximum Gasteiger partial charge on any atom is 0.0456 e. The summed E-state index contributed by atoms with van der Waals surface area (Å²) in [4.78, 5) is 1.44. The van der Waals surface area contributed by atoms with Gasteiger partial charge in [0.1, 0.15) is 0 Å². The minimum absolute atomic E-state index is 0.545. The fourth-order valence-electron chi connectivity index (χ4n) is 4.31. The standard InChI is InChI=1S/C29H28N2S/c1-2-22(29-17-14-24-8-3-4-11-28(24)32-29)9-7-18-30-26-15-12-23(13-16-26)25-20-27-10-5-6-19-31(27)21-25/h2-13,15-16,19-21,29-30H,14,17-18H2,1H3/b9-7-,22-2+. The summed E-state index contributed by atoms with van der Waals surface area (Å²) >= 11 is 2.00. The van der Waals surface area contributed by atoms with Crippen molar-refractivity contribution in [3.05, 3.63) is 115 Å². The molecule has 4 aromatic rings. The molecule has 3 heterocycles. The molecular weight excluding hydrogens is 408 g/mol. The summed E-state index contributed by atoms with van der Waals surface area (Å²) in [6.07, 6.45) is 13.4. The van der Waals surface area contributed by atoms with E-state index in [9.17, 15) is 0 Å². The lowest BCUT2D eigenvalue weighted by atomic mass is 10.0. The molecule has 0 saturated carbocycles. The molecule has 1 aliphatic rings. The number of anilines is 1. The average Bonchev–Trinajstić information content (AvgIpc) is 3.29. The van der Waals surface area contributed by atoms with Gasteiger partial charge in [0.25, 0.3) is 0 Å². The highest BCUT2D eigenvalue weighted by atomic mass is 32.2. The summed E-state index contributed by atoms with van der Waals surface area (Å²) in [5.41, 5.74) is 7.75. The first-order valence-electron chi connectivity index (χ1n) is 11.3. The molecule has 0 spiro atoms. The smallest absolute Gasteiger partial charge is 0.0456 e. The molecule has 0 aliphatic carbocycles. The SMILES string of the molecule is C/C=C(\C=C/CNc1ccc(-c2cc3ccccn3c2)cc1)C1CCc2ccccc2S1. The summed E-state index contributed by atoms with van der Waals surface area (Å²) in [5, 5.41) is 4.07. The van der Waals surface area contributed by atoms with Crippen molar-refractivity contribution in [1.29, 1.82) is 0 Å². The van der Waals surface area contributed by atoms with E-state index in [0.29, 0.717) is 5.25 Å². The van der Waals surface area contributed by atoms with Crippen molar-refractivity contribution >= 4 is 23.0 Å². The van der Waals surface area contributed by atoms with Crippen LogP contribution in [-0.4, -0.2) is 16.2 Å². The number of benzene rings is 2. The fourth-order valence-corrected chi connectivity index (χ4v) is 5.69. The van der Waals surface area contributed by atoms with Crippen LogP contribution in [0, 0.1) is 0 Å². The molecule has 2 nitrogen and oxygen atoms in total. The molecule has 0 saturated heterocycles. The van der Waals surface area contributed by atoms with Crippen molar-refractivity contribution in [3.63, 3.8) is 0 Å². The quantitative estimate of drug-likeness (QED) is 0.313. The Morgan fingerprint density at radius 3 is 2.72 bits per heavy atom. The molecule has 0 radical (unpaired) electrons. The van der Waals surface area contributed by atoms with Crippen molar-refractivity contribution in [2.24, 2.45) is 0 Å². The number of pyridine rings is 1. The van der Waals surface area contributed by atoms with Gasteiger partial charge in [-0.05, 0) is 72.9 Å². The number of fused-ring (bicyclic) bond motifs is 2. The Balaban J connectivity index is 1.18. The minimum atomic E-state index is 0.545. The fraction of sp³-hybridized carbons (Fsp3) is 0.172.